The molecule has 0 radical (unpaired) electrons. The van der Waals surface area contributed by atoms with Crippen LogP contribution in [0.4, 0.5) is 8.78 Å². The first-order valence-electron chi connectivity index (χ1n) is 6.39. The first kappa shape index (κ1) is 15.6. The number of halogens is 3. The standard InChI is InChI=1S/C15H9ClF2N2O2S/c16-14-12-8(6-23-11(12)1-2-20-14)5-22-13-9(17)3-7(15(19)21)4-10(13)18/h1-4,6H,5H2,(H2,19,21). The maximum Gasteiger partial charge on any atom is 0.248 e. The average molecular weight is 355 g/mol. The van der Waals surface area contributed by atoms with Crippen LogP contribution in [0.2, 0.25) is 5.15 Å². The fourth-order valence-electron chi connectivity index (χ4n) is 2.10. The molecule has 0 saturated heterocycles. The monoisotopic (exact) mass is 354 g/mol. The Morgan fingerprint density at radius 3 is 2.70 bits per heavy atom. The fourth-order valence-corrected chi connectivity index (χ4v) is 3.37. The number of nitrogens with zero attached hydrogens (tertiary/aromatic N) is 1. The summed E-state index contributed by atoms with van der Waals surface area (Å²) in [5.41, 5.74) is 5.40. The lowest BCUT2D eigenvalue weighted by Gasteiger charge is -2.09. The van der Waals surface area contributed by atoms with E-state index in [1.54, 1.807) is 17.6 Å². The Hall–Kier alpha value is -2.25. The number of benzene rings is 1. The van der Waals surface area contributed by atoms with Crippen molar-refractivity contribution in [1.29, 1.82) is 0 Å². The Labute approximate surface area is 138 Å². The molecule has 3 aromatic rings. The number of aromatic nitrogens is 1. The molecule has 23 heavy (non-hydrogen) atoms. The number of hydrogen-bond donors (Lipinski definition) is 1. The highest BCUT2D eigenvalue weighted by molar-refractivity contribution is 7.17. The number of amides is 1. The van der Waals surface area contributed by atoms with E-state index in [0.717, 1.165) is 16.8 Å². The van der Waals surface area contributed by atoms with Crippen LogP contribution in [-0.2, 0) is 6.61 Å². The first-order valence-corrected chi connectivity index (χ1v) is 7.65. The quantitative estimate of drug-likeness (QED) is 0.722. The summed E-state index contributed by atoms with van der Waals surface area (Å²) in [6, 6.07) is 3.46. The van der Waals surface area contributed by atoms with Crippen molar-refractivity contribution in [2.45, 2.75) is 6.61 Å². The molecule has 2 heterocycles. The summed E-state index contributed by atoms with van der Waals surface area (Å²) < 4.78 is 33.9. The van der Waals surface area contributed by atoms with Crippen molar-refractivity contribution >= 4 is 38.9 Å². The van der Waals surface area contributed by atoms with Gasteiger partial charge in [0.25, 0.3) is 0 Å². The van der Waals surface area contributed by atoms with E-state index in [2.05, 4.69) is 4.98 Å². The van der Waals surface area contributed by atoms with Crippen LogP contribution in [-0.4, -0.2) is 10.9 Å². The summed E-state index contributed by atoms with van der Waals surface area (Å²) >= 11 is 7.47. The molecule has 0 unspecified atom stereocenters. The van der Waals surface area contributed by atoms with E-state index in [1.165, 1.54) is 11.3 Å². The molecule has 0 bridgehead atoms. The highest BCUT2D eigenvalue weighted by Crippen LogP contribution is 2.32. The normalized spacial score (nSPS) is 10.9. The van der Waals surface area contributed by atoms with Gasteiger partial charge in [0, 0.05) is 27.4 Å². The average Bonchev–Trinajstić information content (AvgIpc) is 2.91. The molecule has 118 valence electrons. The van der Waals surface area contributed by atoms with Crippen LogP contribution in [0.3, 0.4) is 0 Å². The van der Waals surface area contributed by atoms with Crippen molar-refractivity contribution in [3.63, 3.8) is 0 Å². The number of carbonyl (C=O) groups is 1. The predicted octanol–water partition coefficient (Wildman–Crippen LogP) is 3.91. The fraction of sp³-hybridized carbons (Fsp3) is 0.0667. The molecule has 0 spiro atoms. The zero-order chi connectivity index (χ0) is 16.6. The molecule has 1 amide bonds. The van der Waals surface area contributed by atoms with E-state index >= 15 is 0 Å². The van der Waals surface area contributed by atoms with Crippen LogP contribution >= 0.6 is 22.9 Å². The zero-order valence-corrected chi connectivity index (χ0v) is 13.0. The third-order valence-electron chi connectivity index (χ3n) is 3.17. The smallest absolute Gasteiger partial charge is 0.248 e. The summed E-state index contributed by atoms with van der Waals surface area (Å²) in [5.74, 6) is -3.49. The number of ether oxygens (including phenoxy) is 1. The van der Waals surface area contributed by atoms with Gasteiger partial charge in [0.1, 0.15) is 11.8 Å². The largest absolute Gasteiger partial charge is 0.483 e. The molecule has 0 saturated carbocycles. The van der Waals surface area contributed by atoms with Gasteiger partial charge in [0.15, 0.2) is 17.4 Å². The number of carbonyl (C=O) groups excluding carboxylic acids is 1. The van der Waals surface area contributed by atoms with Gasteiger partial charge in [-0.1, -0.05) is 11.6 Å². The van der Waals surface area contributed by atoms with Crippen molar-refractivity contribution in [3.8, 4) is 5.75 Å². The number of primary amides is 1. The lowest BCUT2D eigenvalue weighted by atomic mass is 10.2. The van der Waals surface area contributed by atoms with Gasteiger partial charge in [-0.05, 0) is 23.6 Å². The predicted molar refractivity (Wildman–Crippen MR) is 83.8 cm³/mol. The molecule has 0 aliphatic heterocycles. The molecule has 0 fully saturated rings. The Balaban J connectivity index is 1.90. The Bertz CT molecular complexity index is 891. The van der Waals surface area contributed by atoms with Gasteiger partial charge in [-0.25, -0.2) is 13.8 Å². The molecule has 2 aromatic heterocycles. The minimum absolute atomic E-state index is 0.0881. The van der Waals surface area contributed by atoms with E-state index < -0.39 is 23.3 Å². The molecule has 0 atom stereocenters. The summed E-state index contributed by atoms with van der Waals surface area (Å²) in [6.07, 6.45) is 1.58. The van der Waals surface area contributed by atoms with Gasteiger partial charge in [-0.15, -0.1) is 11.3 Å². The van der Waals surface area contributed by atoms with E-state index in [-0.39, 0.29) is 12.2 Å². The molecule has 2 N–H and O–H groups in total. The number of nitrogens with two attached hydrogens (primary N) is 1. The topological polar surface area (TPSA) is 65.2 Å². The van der Waals surface area contributed by atoms with Crippen molar-refractivity contribution in [2.75, 3.05) is 0 Å². The first-order chi connectivity index (χ1) is 11.0. The molecular weight excluding hydrogens is 346 g/mol. The maximum atomic E-state index is 13.9. The molecule has 1 aromatic carbocycles. The molecule has 4 nitrogen and oxygen atoms in total. The number of fused-ring (bicyclic) bond motifs is 1. The third-order valence-corrected chi connectivity index (χ3v) is 4.45. The minimum atomic E-state index is -0.998. The van der Waals surface area contributed by atoms with Crippen LogP contribution in [0, 0.1) is 11.6 Å². The molecule has 0 aliphatic rings. The third kappa shape index (κ3) is 2.97. The maximum absolute atomic E-state index is 13.9. The van der Waals surface area contributed by atoms with Crippen LogP contribution in [0.1, 0.15) is 15.9 Å². The lowest BCUT2D eigenvalue weighted by Crippen LogP contribution is -2.12. The second-order valence-electron chi connectivity index (χ2n) is 4.66. The number of pyridine rings is 1. The second kappa shape index (κ2) is 6.10. The van der Waals surface area contributed by atoms with E-state index in [1.807, 2.05) is 0 Å². The summed E-state index contributed by atoms with van der Waals surface area (Å²) in [7, 11) is 0. The number of rotatable bonds is 4. The number of hydrogen-bond acceptors (Lipinski definition) is 4. The highest BCUT2D eigenvalue weighted by Gasteiger charge is 2.16. The van der Waals surface area contributed by atoms with E-state index in [9.17, 15) is 13.6 Å². The van der Waals surface area contributed by atoms with Crippen LogP contribution in [0.15, 0.2) is 29.8 Å². The molecule has 8 heteroatoms. The van der Waals surface area contributed by atoms with Gasteiger partial charge in [-0.2, -0.15) is 0 Å². The van der Waals surface area contributed by atoms with Gasteiger partial charge in [-0.3, -0.25) is 4.79 Å². The number of thiophene rings is 1. The zero-order valence-electron chi connectivity index (χ0n) is 11.5. The minimum Gasteiger partial charge on any atom is -0.483 e. The lowest BCUT2D eigenvalue weighted by molar-refractivity contribution is 0.0999. The van der Waals surface area contributed by atoms with Crippen molar-refractivity contribution in [1.82, 2.24) is 4.98 Å². The Kier molecular flexibility index (Phi) is 4.14. The second-order valence-corrected chi connectivity index (χ2v) is 5.93. The van der Waals surface area contributed by atoms with Crippen LogP contribution in [0.25, 0.3) is 10.1 Å². The van der Waals surface area contributed by atoms with Gasteiger partial charge >= 0.3 is 0 Å². The van der Waals surface area contributed by atoms with Crippen molar-refractivity contribution in [3.05, 3.63) is 57.7 Å². The van der Waals surface area contributed by atoms with Crippen LogP contribution in [0.5, 0.6) is 5.75 Å². The van der Waals surface area contributed by atoms with Gasteiger partial charge in [0.2, 0.25) is 5.91 Å². The summed E-state index contributed by atoms with van der Waals surface area (Å²) in [5, 5.41) is 2.77. The van der Waals surface area contributed by atoms with Crippen molar-refractivity contribution < 1.29 is 18.3 Å². The molecular formula is C15H9ClF2N2O2S. The van der Waals surface area contributed by atoms with Gasteiger partial charge < -0.3 is 10.5 Å². The van der Waals surface area contributed by atoms with Gasteiger partial charge in [0.05, 0.1) is 0 Å². The van der Waals surface area contributed by atoms with E-state index in [4.69, 9.17) is 22.1 Å². The molecule has 0 aliphatic carbocycles. The van der Waals surface area contributed by atoms with Crippen molar-refractivity contribution in [2.24, 2.45) is 5.73 Å². The van der Waals surface area contributed by atoms with Crippen LogP contribution < -0.4 is 10.5 Å². The molecule has 3 rings (SSSR count). The van der Waals surface area contributed by atoms with E-state index in [0.29, 0.717) is 16.1 Å². The summed E-state index contributed by atoms with van der Waals surface area (Å²) in [6.45, 7) is -0.0881. The Morgan fingerprint density at radius 2 is 2.04 bits per heavy atom. The Morgan fingerprint density at radius 1 is 1.35 bits per heavy atom. The highest BCUT2D eigenvalue weighted by atomic mass is 35.5. The summed E-state index contributed by atoms with van der Waals surface area (Å²) in [4.78, 5) is 15.0. The SMILES string of the molecule is NC(=O)c1cc(F)c(OCc2csc3ccnc(Cl)c23)c(F)c1.